The highest BCUT2D eigenvalue weighted by Gasteiger charge is 2.25. The molecule has 1 aromatic heterocycles. The molecule has 1 heterocycles. The third-order valence-corrected chi connectivity index (χ3v) is 6.45. The van der Waals surface area contributed by atoms with Crippen LogP contribution in [0.5, 0.6) is 0 Å². The van der Waals surface area contributed by atoms with Crippen LogP contribution in [0.4, 0.5) is 11.8 Å². The van der Waals surface area contributed by atoms with E-state index in [4.69, 9.17) is 39.8 Å². The summed E-state index contributed by atoms with van der Waals surface area (Å²) in [6, 6.07) is 11.3. The maximum atomic E-state index is 12.7. The Bertz CT molecular complexity index is 1120. The summed E-state index contributed by atoms with van der Waals surface area (Å²) in [7, 11) is 3.96. The largest absolute Gasteiger partial charge is 0.362 e. The van der Waals surface area contributed by atoms with Crippen LogP contribution < -0.4 is 15.5 Å². The van der Waals surface area contributed by atoms with E-state index < -0.39 is 0 Å². The highest BCUT2D eigenvalue weighted by Crippen LogP contribution is 2.30. The number of carbonyl (C=O) groups is 1. The molecule has 4 rings (SSSR count). The summed E-state index contributed by atoms with van der Waals surface area (Å²) < 4.78 is 0. The maximum absolute atomic E-state index is 12.7. The minimum atomic E-state index is -0.276. The van der Waals surface area contributed by atoms with Crippen molar-refractivity contribution < 1.29 is 4.79 Å². The molecule has 1 amide bonds. The Balaban J connectivity index is 1.39. The van der Waals surface area contributed by atoms with E-state index in [1.165, 1.54) is 12.1 Å². The van der Waals surface area contributed by atoms with Crippen LogP contribution in [0, 0.1) is 0 Å². The van der Waals surface area contributed by atoms with Gasteiger partial charge < -0.3 is 15.5 Å². The predicted octanol–water partition coefficient (Wildman–Crippen LogP) is 5.81. The van der Waals surface area contributed by atoms with Crippen LogP contribution in [0.2, 0.25) is 15.1 Å². The number of anilines is 2. The summed E-state index contributed by atoms with van der Waals surface area (Å²) in [5.41, 5.74) is 1.17. The zero-order valence-electron chi connectivity index (χ0n) is 17.8. The Morgan fingerprint density at radius 2 is 1.59 bits per heavy atom. The number of nitrogens with zero attached hydrogens (tertiary/aromatic N) is 3. The molecule has 1 aliphatic rings. The van der Waals surface area contributed by atoms with Gasteiger partial charge in [0.25, 0.3) is 5.91 Å². The van der Waals surface area contributed by atoms with E-state index in [9.17, 15) is 4.79 Å². The quantitative estimate of drug-likeness (QED) is 0.470. The summed E-state index contributed by atoms with van der Waals surface area (Å²) in [6.07, 6.45) is 3.45. The average Bonchev–Trinajstić information content (AvgIpc) is 2.73. The van der Waals surface area contributed by atoms with Gasteiger partial charge in [0.2, 0.25) is 5.95 Å². The van der Waals surface area contributed by atoms with Gasteiger partial charge >= 0.3 is 0 Å². The first-order valence-corrected chi connectivity index (χ1v) is 11.6. The van der Waals surface area contributed by atoms with E-state index in [1.807, 2.05) is 43.3 Å². The lowest BCUT2D eigenvalue weighted by Gasteiger charge is -2.30. The lowest BCUT2D eigenvalue weighted by molar-refractivity contribution is 0.0927. The number of aromatic nitrogens is 2. The second-order valence-electron chi connectivity index (χ2n) is 8.19. The molecular weight excluding hydrogens is 469 g/mol. The zero-order chi connectivity index (χ0) is 22.8. The van der Waals surface area contributed by atoms with Gasteiger partial charge in [-0.05, 0) is 49.9 Å². The van der Waals surface area contributed by atoms with Crippen molar-refractivity contribution >= 4 is 63.4 Å². The van der Waals surface area contributed by atoms with Gasteiger partial charge in [-0.15, -0.1) is 0 Å². The van der Waals surface area contributed by atoms with Crippen molar-refractivity contribution in [3.05, 3.63) is 57.0 Å². The Morgan fingerprint density at radius 1 is 0.969 bits per heavy atom. The smallest absolute Gasteiger partial charge is 0.254 e. The fourth-order valence-electron chi connectivity index (χ4n) is 4.05. The molecule has 0 spiro atoms. The van der Waals surface area contributed by atoms with Crippen LogP contribution in [-0.2, 0) is 0 Å². The normalized spacial score (nSPS) is 18.4. The van der Waals surface area contributed by atoms with Gasteiger partial charge in [-0.1, -0.05) is 46.9 Å². The Kier molecular flexibility index (Phi) is 6.93. The Hall–Kier alpha value is -2.28. The Morgan fingerprint density at radius 3 is 2.25 bits per heavy atom. The van der Waals surface area contributed by atoms with E-state index >= 15 is 0 Å². The molecule has 168 valence electrons. The monoisotopic (exact) mass is 491 g/mol. The lowest BCUT2D eigenvalue weighted by Crippen LogP contribution is -2.40. The second-order valence-corrected chi connectivity index (χ2v) is 9.44. The number of nitrogens with one attached hydrogen (secondary N) is 2. The molecule has 0 aliphatic heterocycles. The van der Waals surface area contributed by atoms with Crippen molar-refractivity contribution in [1.29, 1.82) is 0 Å². The minimum absolute atomic E-state index is 0.0539. The summed E-state index contributed by atoms with van der Waals surface area (Å²) >= 11 is 18.3. The van der Waals surface area contributed by atoms with Gasteiger partial charge in [0.15, 0.2) is 0 Å². The van der Waals surface area contributed by atoms with Crippen LogP contribution in [-0.4, -0.2) is 42.1 Å². The van der Waals surface area contributed by atoms with E-state index in [2.05, 4.69) is 15.6 Å². The third kappa shape index (κ3) is 5.03. The fourth-order valence-corrected chi connectivity index (χ4v) is 5.04. The number of rotatable bonds is 5. The van der Waals surface area contributed by atoms with E-state index in [-0.39, 0.29) is 33.6 Å². The number of benzene rings is 2. The molecule has 0 atom stereocenters. The molecule has 3 aromatic rings. The highest BCUT2D eigenvalue weighted by atomic mass is 35.5. The molecule has 0 bridgehead atoms. The maximum Gasteiger partial charge on any atom is 0.254 e. The van der Waals surface area contributed by atoms with Crippen LogP contribution in [0.3, 0.4) is 0 Å². The van der Waals surface area contributed by atoms with Gasteiger partial charge in [-0.3, -0.25) is 4.79 Å². The molecule has 32 heavy (non-hydrogen) atoms. The molecule has 1 saturated carbocycles. The lowest BCUT2D eigenvalue weighted by atomic mass is 9.91. The summed E-state index contributed by atoms with van der Waals surface area (Å²) in [4.78, 5) is 24.1. The highest BCUT2D eigenvalue weighted by molar-refractivity contribution is 6.42. The van der Waals surface area contributed by atoms with E-state index in [0.29, 0.717) is 11.0 Å². The minimum Gasteiger partial charge on any atom is -0.362 e. The van der Waals surface area contributed by atoms with Crippen LogP contribution >= 0.6 is 34.8 Å². The van der Waals surface area contributed by atoms with E-state index in [1.54, 1.807) is 0 Å². The molecule has 1 fully saturated rings. The van der Waals surface area contributed by atoms with Crippen molar-refractivity contribution in [2.45, 2.75) is 37.8 Å². The van der Waals surface area contributed by atoms with Crippen molar-refractivity contribution in [3.63, 3.8) is 0 Å². The van der Waals surface area contributed by atoms with Crippen LogP contribution in [0.15, 0.2) is 36.4 Å². The number of hydrogen-bond acceptors (Lipinski definition) is 5. The molecule has 2 N–H and O–H groups in total. The number of hydrogen-bond donors (Lipinski definition) is 2. The molecular formula is C23H24Cl3N5O. The Labute approximate surface area is 202 Å². The topological polar surface area (TPSA) is 70.2 Å². The van der Waals surface area contributed by atoms with Crippen LogP contribution in [0.25, 0.3) is 10.9 Å². The summed E-state index contributed by atoms with van der Waals surface area (Å²) in [6.45, 7) is 0. The summed E-state index contributed by atoms with van der Waals surface area (Å²) in [5.74, 6) is 1.23. The van der Waals surface area contributed by atoms with Crippen LogP contribution in [0.1, 0.15) is 36.0 Å². The SMILES string of the molecule is CN(C)c1nc(N[C@H]2CC[C@@H](NC(=O)c3c(Cl)cc(Cl)cc3Cl)CC2)nc2ccccc12. The molecule has 2 aromatic carbocycles. The zero-order valence-corrected chi connectivity index (χ0v) is 20.1. The van der Waals surface area contributed by atoms with Gasteiger partial charge in [0, 0.05) is 36.6 Å². The third-order valence-electron chi connectivity index (χ3n) is 5.64. The first kappa shape index (κ1) is 22.9. The number of para-hydroxylation sites is 1. The first-order valence-electron chi connectivity index (χ1n) is 10.5. The van der Waals surface area contributed by atoms with Crippen molar-refractivity contribution in [2.75, 3.05) is 24.3 Å². The van der Waals surface area contributed by atoms with Gasteiger partial charge in [-0.25, -0.2) is 4.98 Å². The van der Waals surface area contributed by atoms with Gasteiger partial charge in [0.1, 0.15) is 5.82 Å². The van der Waals surface area contributed by atoms with Crippen molar-refractivity contribution in [1.82, 2.24) is 15.3 Å². The van der Waals surface area contributed by atoms with E-state index in [0.717, 1.165) is 42.4 Å². The number of amides is 1. The molecule has 0 unspecified atom stereocenters. The molecule has 1 aliphatic carbocycles. The number of fused-ring (bicyclic) bond motifs is 1. The number of halogens is 3. The standard InChI is InChI=1S/C23H24Cl3N5O/c1-31(2)21-16-5-3-4-6-19(16)29-23(30-21)28-15-9-7-14(8-10-15)27-22(32)20-17(25)11-13(24)12-18(20)26/h3-6,11-12,14-15H,7-10H2,1-2H3,(H,27,32)(H,28,29,30)/t14-,15+. The van der Waals surface area contributed by atoms with Crippen molar-refractivity contribution in [3.8, 4) is 0 Å². The van der Waals surface area contributed by atoms with Gasteiger partial charge in [-0.2, -0.15) is 4.98 Å². The molecule has 0 radical (unpaired) electrons. The molecule has 6 nitrogen and oxygen atoms in total. The van der Waals surface area contributed by atoms with Gasteiger partial charge in [0.05, 0.1) is 21.1 Å². The van der Waals surface area contributed by atoms with Crippen molar-refractivity contribution in [2.24, 2.45) is 0 Å². The average molecular weight is 493 g/mol. The first-order chi connectivity index (χ1) is 15.3. The fraction of sp³-hybridized carbons (Fsp3) is 0.348. The molecule has 9 heteroatoms. The predicted molar refractivity (Wildman–Crippen MR) is 132 cm³/mol. The molecule has 0 saturated heterocycles. The second kappa shape index (κ2) is 9.69. The number of carbonyl (C=O) groups excluding carboxylic acids is 1. The summed E-state index contributed by atoms with van der Waals surface area (Å²) in [5, 5.41) is 8.45.